The second-order valence-corrected chi connectivity index (χ2v) is 23.9. The molecule has 0 aromatic heterocycles. The molecular formula is C52H90N10O15. The van der Waals surface area contributed by atoms with Gasteiger partial charge in [-0.3, -0.25) is 38.4 Å². The van der Waals surface area contributed by atoms with Crippen molar-refractivity contribution in [2.75, 3.05) is 52.5 Å². The summed E-state index contributed by atoms with van der Waals surface area (Å²) < 4.78 is 22.5. The highest BCUT2D eigenvalue weighted by molar-refractivity contribution is 5.98. The van der Waals surface area contributed by atoms with E-state index in [0.29, 0.717) is 44.9 Å². The summed E-state index contributed by atoms with van der Waals surface area (Å²) in [6, 6.07) is -9.01. The third-order valence-corrected chi connectivity index (χ3v) is 12.5. The average molecular weight is 1100 g/mol. The molecule has 9 N–H and O–H groups in total. The fraction of sp³-hybridized carbons (Fsp3) is 0.808. The van der Waals surface area contributed by atoms with E-state index in [-0.39, 0.29) is 58.8 Å². The number of nitrogens with two attached hydrogens (primary N) is 1. The summed E-state index contributed by atoms with van der Waals surface area (Å²) in [6.45, 7) is 22.2. The van der Waals surface area contributed by atoms with Gasteiger partial charge in [0, 0.05) is 26.2 Å². The van der Waals surface area contributed by atoms with E-state index < -0.39 is 137 Å². The van der Waals surface area contributed by atoms with E-state index in [9.17, 15) is 53.1 Å². The van der Waals surface area contributed by atoms with Crippen LogP contribution in [0.4, 0.5) is 4.79 Å². The molecule has 0 spiro atoms. The zero-order valence-electron chi connectivity index (χ0n) is 47.7. The molecule has 9 amide bonds. The lowest BCUT2D eigenvalue weighted by Crippen LogP contribution is -2.59. The number of nitrogens with one attached hydrogen (secondary N) is 6. The van der Waals surface area contributed by atoms with Gasteiger partial charge in [0.2, 0.25) is 47.3 Å². The van der Waals surface area contributed by atoms with Crippen LogP contribution in [-0.2, 0) is 62.1 Å². The first-order valence-electron chi connectivity index (χ1n) is 26.8. The Morgan fingerprint density at radius 3 is 1.55 bits per heavy atom. The summed E-state index contributed by atoms with van der Waals surface area (Å²) >= 11 is 0. The van der Waals surface area contributed by atoms with Crippen LogP contribution in [0, 0.1) is 0 Å². The summed E-state index contributed by atoms with van der Waals surface area (Å²) in [5.41, 5.74) is 3.35. The van der Waals surface area contributed by atoms with Crippen LogP contribution in [0.3, 0.4) is 0 Å². The molecule has 8 atom stereocenters. The molecule has 438 valence electrons. The number of aliphatic carboxylic acids is 1. The summed E-state index contributed by atoms with van der Waals surface area (Å²) in [6.07, 6.45) is 2.41. The van der Waals surface area contributed by atoms with Gasteiger partial charge in [0.05, 0.1) is 43.2 Å². The number of alkyl carbamates (subject to hydrolysis) is 1. The molecule has 3 rings (SSSR count). The lowest BCUT2D eigenvalue weighted by molar-refractivity contribution is -0.151. The van der Waals surface area contributed by atoms with E-state index in [2.05, 4.69) is 31.9 Å². The monoisotopic (exact) mass is 1090 g/mol. The van der Waals surface area contributed by atoms with Crippen LogP contribution < -0.4 is 37.6 Å². The standard InChI is InChI=1S/C52H90N10O15/c1-31(56-39(63)27-55-41(65)34(29-75-50(5,6)7)58-40(64)32(53)28-74-49(2,3)4)44(68)61-25-17-21-37(61)46(70)62-26-18-22-38(62)45(69)60-24-16-20-36(60)43(67)59-35(30-76-51(8,9)10)42(66)57-33(47(71)72)19-14-15-23-54-48(73)77-52(11,12)13/h31-38H,14-30,53H2,1-13H3,(H,54,73)(H,55,65)(H,56,63)(H,57,66)(H,58,64)(H,59,67)(H,71,72)/t31-,32-,33-,34-,35-,36-,37-,38-/m0/s1. The Morgan fingerprint density at radius 1 is 0.558 bits per heavy atom. The van der Waals surface area contributed by atoms with Gasteiger partial charge in [0.1, 0.15) is 53.9 Å². The number of carboxylic acids is 1. The van der Waals surface area contributed by atoms with Gasteiger partial charge in [0.25, 0.3) is 0 Å². The zero-order chi connectivity index (χ0) is 58.2. The minimum absolute atomic E-state index is 0.0225. The smallest absolute Gasteiger partial charge is 0.407 e. The van der Waals surface area contributed by atoms with Crippen molar-refractivity contribution in [1.29, 1.82) is 0 Å². The average Bonchev–Trinajstić information content (AvgIpc) is 4.12. The Kier molecular flexibility index (Phi) is 24.6. The van der Waals surface area contributed by atoms with Gasteiger partial charge in [-0.2, -0.15) is 0 Å². The molecule has 0 aliphatic carbocycles. The first-order valence-corrected chi connectivity index (χ1v) is 26.8. The minimum Gasteiger partial charge on any atom is -0.480 e. The predicted molar refractivity (Wildman–Crippen MR) is 281 cm³/mol. The first kappa shape index (κ1) is 65.6. The number of amides is 9. The Balaban J connectivity index is 1.64. The van der Waals surface area contributed by atoms with Gasteiger partial charge >= 0.3 is 12.1 Å². The van der Waals surface area contributed by atoms with E-state index in [1.54, 1.807) is 83.1 Å². The number of carbonyl (C=O) groups is 10. The van der Waals surface area contributed by atoms with Crippen molar-refractivity contribution in [1.82, 2.24) is 46.6 Å². The topological polar surface area (TPSA) is 336 Å². The van der Waals surface area contributed by atoms with Crippen LogP contribution in [0.5, 0.6) is 0 Å². The maximum atomic E-state index is 14.4. The van der Waals surface area contributed by atoms with E-state index in [0.717, 1.165) is 0 Å². The fourth-order valence-corrected chi connectivity index (χ4v) is 8.66. The van der Waals surface area contributed by atoms with Crippen LogP contribution in [0.25, 0.3) is 0 Å². The second kappa shape index (κ2) is 28.8. The van der Waals surface area contributed by atoms with Crippen LogP contribution in [0.2, 0.25) is 0 Å². The molecule has 0 radical (unpaired) electrons. The molecule has 3 aliphatic heterocycles. The van der Waals surface area contributed by atoms with Crippen molar-refractivity contribution < 1.29 is 72.0 Å². The van der Waals surface area contributed by atoms with Gasteiger partial charge in [0.15, 0.2) is 0 Å². The molecule has 77 heavy (non-hydrogen) atoms. The molecular weight excluding hydrogens is 1000 g/mol. The number of rotatable bonds is 25. The van der Waals surface area contributed by atoms with Crippen molar-refractivity contribution >= 4 is 59.3 Å². The van der Waals surface area contributed by atoms with Crippen LogP contribution >= 0.6 is 0 Å². The predicted octanol–water partition coefficient (Wildman–Crippen LogP) is 0.587. The summed E-state index contributed by atoms with van der Waals surface area (Å²) in [7, 11) is 0. The number of unbranched alkanes of at least 4 members (excludes halogenated alkanes) is 1. The maximum Gasteiger partial charge on any atom is 0.407 e. The van der Waals surface area contributed by atoms with Crippen LogP contribution in [-0.4, -0.2) is 202 Å². The first-order chi connectivity index (χ1) is 35.6. The highest BCUT2D eigenvalue weighted by atomic mass is 16.6. The lowest BCUT2D eigenvalue weighted by Gasteiger charge is -2.35. The van der Waals surface area contributed by atoms with Gasteiger partial charge < -0.3 is 76.4 Å². The highest BCUT2D eigenvalue weighted by Gasteiger charge is 2.47. The van der Waals surface area contributed by atoms with E-state index in [1.165, 1.54) is 21.6 Å². The minimum atomic E-state index is -1.34. The van der Waals surface area contributed by atoms with E-state index in [1.807, 2.05) is 0 Å². The lowest BCUT2D eigenvalue weighted by atomic mass is 10.1. The SMILES string of the molecule is C[C@H](NC(=O)CNC(=O)[C@H](COC(C)(C)C)NC(=O)[C@@H](N)COC(C)(C)C)C(=O)N1CCC[C@H]1C(=O)N1CCC[C@H]1C(=O)N1CCC[C@H]1C(=O)N[C@@H](COC(C)(C)C)C(=O)N[C@@H](CCCCNC(=O)OC(C)(C)C)C(=O)O. The number of likely N-dealkylation sites (tertiary alicyclic amines) is 3. The number of hydrogen-bond acceptors (Lipinski definition) is 15. The van der Waals surface area contributed by atoms with Crippen LogP contribution in [0.15, 0.2) is 0 Å². The molecule has 0 unspecified atom stereocenters. The Labute approximate surface area is 453 Å². The maximum absolute atomic E-state index is 14.4. The van der Waals surface area contributed by atoms with E-state index >= 15 is 0 Å². The Bertz CT molecular complexity index is 2080. The van der Waals surface area contributed by atoms with Gasteiger partial charge in [-0.05, 0) is 148 Å². The molecule has 25 heteroatoms. The largest absolute Gasteiger partial charge is 0.480 e. The fourth-order valence-electron chi connectivity index (χ4n) is 8.66. The summed E-state index contributed by atoms with van der Waals surface area (Å²) in [5.74, 6) is -6.34. The molecule has 0 aromatic rings. The Hall–Kier alpha value is -5.66. The molecule has 3 heterocycles. The molecule has 3 fully saturated rings. The number of carbonyl (C=O) groups excluding carboxylic acids is 9. The summed E-state index contributed by atoms with van der Waals surface area (Å²) in [4.78, 5) is 138. The van der Waals surface area contributed by atoms with Crippen LogP contribution in [0.1, 0.15) is 148 Å². The normalized spacial score (nSPS) is 20.0. The number of carboxylic acid groups (broad SMARTS) is 1. The third kappa shape index (κ3) is 22.7. The van der Waals surface area contributed by atoms with Crippen molar-refractivity contribution in [3.63, 3.8) is 0 Å². The molecule has 3 aliphatic rings. The molecule has 0 saturated carbocycles. The van der Waals surface area contributed by atoms with Gasteiger partial charge in [-0.25, -0.2) is 9.59 Å². The van der Waals surface area contributed by atoms with E-state index in [4.69, 9.17) is 24.7 Å². The highest BCUT2D eigenvalue weighted by Crippen LogP contribution is 2.29. The van der Waals surface area contributed by atoms with Crippen molar-refractivity contribution in [2.45, 2.75) is 219 Å². The number of ether oxygens (including phenoxy) is 4. The number of nitrogens with zero attached hydrogens (tertiary/aromatic N) is 3. The van der Waals surface area contributed by atoms with Crippen molar-refractivity contribution in [3.05, 3.63) is 0 Å². The zero-order valence-corrected chi connectivity index (χ0v) is 47.7. The Morgan fingerprint density at radius 2 is 1.03 bits per heavy atom. The molecule has 3 saturated heterocycles. The third-order valence-electron chi connectivity index (χ3n) is 12.5. The number of hydrogen-bond donors (Lipinski definition) is 8. The summed E-state index contributed by atoms with van der Waals surface area (Å²) in [5, 5.41) is 25.4. The van der Waals surface area contributed by atoms with Gasteiger partial charge in [-0.15, -0.1) is 0 Å². The van der Waals surface area contributed by atoms with Crippen molar-refractivity contribution in [3.8, 4) is 0 Å². The molecule has 0 bridgehead atoms. The van der Waals surface area contributed by atoms with Crippen molar-refractivity contribution in [2.24, 2.45) is 5.73 Å². The van der Waals surface area contributed by atoms with Gasteiger partial charge in [-0.1, -0.05) is 0 Å². The second-order valence-electron chi connectivity index (χ2n) is 23.9. The quantitative estimate of drug-likeness (QED) is 0.0580. The molecule has 0 aromatic carbocycles. The molecule has 25 nitrogen and oxygen atoms in total.